The summed E-state index contributed by atoms with van der Waals surface area (Å²) < 4.78 is 5.81. The average molecular weight is 329 g/mol. The third-order valence-corrected chi connectivity index (χ3v) is 3.46. The second-order valence-corrected chi connectivity index (χ2v) is 5.38. The number of hydrogen-bond acceptors (Lipinski definition) is 3. The van der Waals surface area contributed by atoms with Crippen molar-refractivity contribution in [3.05, 3.63) is 64.7 Å². The summed E-state index contributed by atoms with van der Waals surface area (Å²) in [6.07, 6.45) is 0.633. The van der Waals surface area contributed by atoms with E-state index in [0.29, 0.717) is 17.4 Å². The van der Waals surface area contributed by atoms with E-state index in [0.717, 1.165) is 12.0 Å². The highest BCUT2D eigenvalue weighted by molar-refractivity contribution is 6.30. The standard InChI is InChI=1S/C18H17ClN2O2/c19-16-6-7-17(15(12-16)13-21-18(22)8-10-20)23-11-9-14-4-2-1-3-5-14/h1-7,12H,8-9,11,13H2,(H,21,22). The van der Waals surface area contributed by atoms with Crippen molar-refractivity contribution >= 4 is 17.5 Å². The molecule has 0 aliphatic heterocycles. The lowest BCUT2D eigenvalue weighted by Crippen LogP contribution is -2.22. The van der Waals surface area contributed by atoms with Gasteiger partial charge in [-0.25, -0.2) is 0 Å². The molecule has 0 aliphatic rings. The van der Waals surface area contributed by atoms with Gasteiger partial charge in [-0.2, -0.15) is 5.26 Å². The molecule has 5 heteroatoms. The molecule has 0 heterocycles. The summed E-state index contributed by atoms with van der Waals surface area (Å²) in [6.45, 7) is 0.812. The molecule has 0 unspecified atom stereocenters. The highest BCUT2D eigenvalue weighted by Gasteiger charge is 2.07. The van der Waals surface area contributed by atoms with Crippen molar-refractivity contribution in [1.29, 1.82) is 5.26 Å². The Morgan fingerprint density at radius 1 is 1.22 bits per heavy atom. The fraction of sp³-hybridized carbons (Fsp3) is 0.222. The molecule has 0 aromatic heterocycles. The lowest BCUT2D eigenvalue weighted by atomic mass is 10.1. The SMILES string of the molecule is N#CCC(=O)NCc1cc(Cl)ccc1OCCc1ccccc1. The van der Waals surface area contributed by atoms with Crippen LogP contribution in [0.25, 0.3) is 0 Å². The average Bonchev–Trinajstić information content (AvgIpc) is 2.56. The van der Waals surface area contributed by atoms with Crippen LogP contribution in [0.5, 0.6) is 5.75 Å². The van der Waals surface area contributed by atoms with Crippen LogP contribution in [-0.4, -0.2) is 12.5 Å². The van der Waals surface area contributed by atoms with Crippen molar-refractivity contribution in [2.24, 2.45) is 0 Å². The topological polar surface area (TPSA) is 62.1 Å². The first kappa shape index (κ1) is 16.9. The van der Waals surface area contributed by atoms with Crippen molar-refractivity contribution in [3.8, 4) is 11.8 Å². The van der Waals surface area contributed by atoms with Gasteiger partial charge in [0.1, 0.15) is 12.2 Å². The molecule has 0 saturated carbocycles. The maximum absolute atomic E-state index is 11.4. The van der Waals surface area contributed by atoms with E-state index in [2.05, 4.69) is 5.32 Å². The molecule has 0 aliphatic carbocycles. The second-order valence-electron chi connectivity index (χ2n) is 4.95. The highest BCUT2D eigenvalue weighted by Crippen LogP contribution is 2.23. The predicted octanol–water partition coefficient (Wildman–Crippen LogP) is 3.49. The molecule has 118 valence electrons. The minimum atomic E-state index is -0.317. The van der Waals surface area contributed by atoms with Gasteiger partial charge < -0.3 is 10.1 Å². The number of ether oxygens (including phenoxy) is 1. The van der Waals surface area contributed by atoms with Crippen molar-refractivity contribution in [2.75, 3.05) is 6.61 Å². The number of hydrogen-bond donors (Lipinski definition) is 1. The maximum Gasteiger partial charge on any atom is 0.234 e. The van der Waals surface area contributed by atoms with Crippen molar-refractivity contribution in [2.45, 2.75) is 19.4 Å². The lowest BCUT2D eigenvalue weighted by molar-refractivity contribution is -0.120. The van der Waals surface area contributed by atoms with E-state index in [1.165, 1.54) is 5.56 Å². The number of benzene rings is 2. The third kappa shape index (κ3) is 5.65. The van der Waals surface area contributed by atoms with Crippen LogP contribution in [0.1, 0.15) is 17.5 Å². The number of nitrogens with zero attached hydrogens (tertiary/aromatic N) is 1. The molecule has 0 fully saturated rings. The Bertz CT molecular complexity index is 696. The van der Waals surface area contributed by atoms with E-state index in [1.807, 2.05) is 36.4 Å². The summed E-state index contributed by atoms with van der Waals surface area (Å²) in [6, 6.07) is 17.2. The quantitative estimate of drug-likeness (QED) is 0.846. The molecule has 1 amide bonds. The molecule has 2 rings (SSSR count). The first-order valence-electron chi connectivity index (χ1n) is 7.28. The summed E-state index contributed by atoms with van der Waals surface area (Å²) in [4.78, 5) is 11.4. The number of amides is 1. The van der Waals surface area contributed by atoms with Crippen LogP contribution in [0.2, 0.25) is 5.02 Å². The van der Waals surface area contributed by atoms with Crippen LogP contribution in [0, 0.1) is 11.3 Å². The van der Waals surface area contributed by atoms with E-state index in [9.17, 15) is 4.79 Å². The van der Waals surface area contributed by atoms with Gasteiger partial charge in [0.15, 0.2) is 0 Å². The molecular formula is C18H17ClN2O2. The van der Waals surface area contributed by atoms with Gasteiger partial charge in [-0.1, -0.05) is 41.9 Å². The van der Waals surface area contributed by atoms with Crippen molar-refractivity contribution in [3.63, 3.8) is 0 Å². The molecular weight excluding hydrogens is 312 g/mol. The highest BCUT2D eigenvalue weighted by atomic mass is 35.5. The number of carbonyl (C=O) groups is 1. The zero-order valence-electron chi connectivity index (χ0n) is 12.6. The molecule has 0 atom stereocenters. The van der Waals surface area contributed by atoms with Gasteiger partial charge >= 0.3 is 0 Å². The van der Waals surface area contributed by atoms with Gasteiger partial charge in [0.2, 0.25) is 5.91 Å². The summed E-state index contributed by atoms with van der Waals surface area (Å²) in [7, 11) is 0. The number of halogens is 1. The Morgan fingerprint density at radius 2 is 2.00 bits per heavy atom. The zero-order valence-corrected chi connectivity index (χ0v) is 13.3. The zero-order chi connectivity index (χ0) is 16.5. The van der Waals surface area contributed by atoms with Crippen LogP contribution < -0.4 is 10.1 Å². The minimum Gasteiger partial charge on any atom is -0.493 e. The van der Waals surface area contributed by atoms with Crippen LogP contribution in [0.3, 0.4) is 0 Å². The van der Waals surface area contributed by atoms with Crippen molar-refractivity contribution < 1.29 is 9.53 Å². The number of nitrogens with one attached hydrogen (secondary N) is 1. The Hall–Kier alpha value is -2.51. The molecule has 0 saturated heterocycles. The first-order valence-corrected chi connectivity index (χ1v) is 7.65. The molecule has 0 spiro atoms. The Labute approximate surface area is 140 Å². The van der Waals surface area contributed by atoms with E-state index in [4.69, 9.17) is 21.6 Å². The Morgan fingerprint density at radius 3 is 2.74 bits per heavy atom. The maximum atomic E-state index is 11.4. The van der Waals surface area contributed by atoms with Gasteiger partial charge in [-0.15, -0.1) is 0 Å². The fourth-order valence-corrected chi connectivity index (χ4v) is 2.27. The smallest absolute Gasteiger partial charge is 0.234 e. The van der Waals surface area contributed by atoms with E-state index in [-0.39, 0.29) is 18.9 Å². The van der Waals surface area contributed by atoms with Crippen LogP contribution >= 0.6 is 11.6 Å². The van der Waals surface area contributed by atoms with E-state index in [1.54, 1.807) is 18.2 Å². The Balaban J connectivity index is 1.95. The molecule has 0 radical (unpaired) electrons. The van der Waals surface area contributed by atoms with Gasteiger partial charge in [0, 0.05) is 23.6 Å². The first-order chi connectivity index (χ1) is 11.2. The number of carbonyl (C=O) groups excluding carboxylic acids is 1. The van der Waals surface area contributed by atoms with Gasteiger partial charge in [0.05, 0.1) is 12.7 Å². The normalized spacial score (nSPS) is 9.91. The minimum absolute atomic E-state index is 0.162. The number of rotatable bonds is 7. The van der Waals surface area contributed by atoms with Gasteiger partial charge in [0.25, 0.3) is 0 Å². The monoisotopic (exact) mass is 328 g/mol. The summed E-state index contributed by atoms with van der Waals surface area (Å²) in [5.74, 6) is 0.366. The van der Waals surface area contributed by atoms with Crippen LogP contribution in [-0.2, 0) is 17.8 Å². The van der Waals surface area contributed by atoms with Crippen LogP contribution in [0.4, 0.5) is 0 Å². The summed E-state index contributed by atoms with van der Waals surface area (Å²) >= 11 is 6.00. The lowest BCUT2D eigenvalue weighted by Gasteiger charge is -2.12. The molecule has 23 heavy (non-hydrogen) atoms. The molecule has 2 aromatic carbocycles. The van der Waals surface area contributed by atoms with Gasteiger partial charge in [-0.05, 0) is 23.8 Å². The largest absolute Gasteiger partial charge is 0.493 e. The second kappa shape index (κ2) is 8.82. The molecule has 0 bridgehead atoms. The van der Waals surface area contributed by atoms with Gasteiger partial charge in [-0.3, -0.25) is 4.79 Å². The molecule has 2 aromatic rings. The third-order valence-electron chi connectivity index (χ3n) is 3.23. The Kier molecular flexibility index (Phi) is 6.46. The molecule has 4 nitrogen and oxygen atoms in total. The summed E-state index contributed by atoms with van der Waals surface area (Å²) in [5, 5.41) is 11.7. The fourth-order valence-electron chi connectivity index (χ4n) is 2.08. The molecule has 1 N–H and O–H groups in total. The van der Waals surface area contributed by atoms with Crippen LogP contribution in [0.15, 0.2) is 48.5 Å². The van der Waals surface area contributed by atoms with Crippen molar-refractivity contribution in [1.82, 2.24) is 5.32 Å². The van der Waals surface area contributed by atoms with E-state index < -0.39 is 0 Å². The number of nitriles is 1. The summed E-state index contributed by atoms with van der Waals surface area (Å²) in [5.41, 5.74) is 1.99. The predicted molar refractivity (Wildman–Crippen MR) is 89.2 cm³/mol. The van der Waals surface area contributed by atoms with E-state index >= 15 is 0 Å².